The summed E-state index contributed by atoms with van der Waals surface area (Å²) in [5, 5.41) is 9.41. The van der Waals surface area contributed by atoms with E-state index < -0.39 is 0 Å². The molecule has 28 heavy (non-hydrogen) atoms. The minimum absolute atomic E-state index is 0.0710. The van der Waals surface area contributed by atoms with Gasteiger partial charge in [-0.2, -0.15) is 4.98 Å². The van der Waals surface area contributed by atoms with Crippen molar-refractivity contribution in [3.63, 3.8) is 0 Å². The lowest BCUT2D eigenvalue weighted by atomic mass is 9.74. The Balaban J connectivity index is 1.61. The van der Waals surface area contributed by atoms with Crippen LogP contribution in [-0.4, -0.2) is 39.2 Å². The predicted molar refractivity (Wildman–Crippen MR) is 110 cm³/mol. The number of hydrogen-bond donors (Lipinski definition) is 3. The van der Waals surface area contributed by atoms with Gasteiger partial charge in [0.15, 0.2) is 0 Å². The van der Waals surface area contributed by atoms with Crippen molar-refractivity contribution in [2.45, 2.75) is 70.3 Å². The maximum atomic E-state index is 12.6. The van der Waals surface area contributed by atoms with Crippen molar-refractivity contribution in [1.29, 1.82) is 0 Å². The summed E-state index contributed by atoms with van der Waals surface area (Å²) in [5.74, 6) is 1.41. The number of nitrogens with one attached hydrogen (secondary N) is 3. The summed E-state index contributed by atoms with van der Waals surface area (Å²) in [6, 6.07) is 1.79. The van der Waals surface area contributed by atoms with E-state index >= 15 is 0 Å². The molecule has 8 heteroatoms. The Morgan fingerprint density at radius 2 is 2.11 bits per heavy atom. The number of piperidine rings is 1. The summed E-state index contributed by atoms with van der Waals surface area (Å²) in [6.07, 6.45) is 5.73. The van der Waals surface area contributed by atoms with Crippen molar-refractivity contribution in [1.82, 2.24) is 15.3 Å². The van der Waals surface area contributed by atoms with E-state index in [0.717, 1.165) is 25.7 Å². The fourth-order valence-corrected chi connectivity index (χ4v) is 4.53. The van der Waals surface area contributed by atoms with Gasteiger partial charge < -0.3 is 16.0 Å². The minimum atomic E-state index is -0.161. The van der Waals surface area contributed by atoms with Crippen LogP contribution in [0.3, 0.4) is 0 Å². The predicted octanol–water partition coefficient (Wildman–Crippen LogP) is 3.17. The zero-order valence-electron chi connectivity index (χ0n) is 16.7. The van der Waals surface area contributed by atoms with E-state index in [0.29, 0.717) is 24.1 Å². The first-order valence-corrected chi connectivity index (χ1v) is 10.6. The Hall–Kier alpha value is -1.89. The Labute approximate surface area is 171 Å². The van der Waals surface area contributed by atoms with Crippen LogP contribution in [0.2, 0.25) is 0 Å². The molecule has 0 radical (unpaired) electrons. The molecule has 3 N–H and O–H groups in total. The smallest absolute Gasteiger partial charge is 0.225 e. The zero-order valence-corrected chi connectivity index (χ0v) is 17.5. The second-order valence-corrected chi connectivity index (χ2v) is 9.09. The van der Waals surface area contributed by atoms with Gasteiger partial charge in [0.2, 0.25) is 17.8 Å². The number of fused-ring (bicyclic) bond motifs is 1. The van der Waals surface area contributed by atoms with Crippen LogP contribution in [0, 0.1) is 17.8 Å². The molecule has 1 aromatic heterocycles. The topological polar surface area (TPSA) is 96.0 Å². The number of carbonyl (C=O) groups excluding carboxylic acids is 2. The number of rotatable bonds is 6. The zero-order chi connectivity index (χ0) is 20.3. The van der Waals surface area contributed by atoms with Gasteiger partial charge in [-0.05, 0) is 50.5 Å². The number of carbonyl (C=O) groups is 2. The fraction of sp³-hybridized carbons (Fsp3) is 0.700. The number of hydrogen-bond acceptors (Lipinski definition) is 5. The molecule has 2 aliphatic rings. The maximum Gasteiger partial charge on any atom is 0.225 e. The standard InChI is InChI=1S/C20H30ClN5O2/c1-11(2)8-18(27)25-17-6-7-22-20(26-17)23-12(3)15-10-13-9-14(21)4-5-16(13)24-19(15)28/h6-7,11-16H,4-5,8-10H2,1-3H3,(H,24,28)(H2,22,23,25,26,27)/t12-,13?,14?,15?,16?/m0/s1. The molecule has 1 aliphatic carbocycles. The fourth-order valence-electron chi connectivity index (χ4n) is 4.18. The number of anilines is 2. The van der Waals surface area contributed by atoms with Crippen LogP contribution in [0.4, 0.5) is 11.8 Å². The first kappa shape index (κ1) is 20.8. The molecule has 5 atom stereocenters. The number of amides is 2. The third kappa shape index (κ3) is 5.34. The van der Waals surface area contributed by atoms with Crippen LogP contribution in [0.25, 0.3) is 0 Å². The molecule has 0 aromatic carbocycles. The van der Waals surface area contributed by atoms with Crippen molar-refractivity contribution in [3.05, 3.63) is 12.3 Å². The van der Waals surface area contributed by atoms with Gasteiger partial charge in [0.25, 0.3) is 0 Å². The number of alkyl halides is 1. The third-order valence-electron chi connectivity index (χ3n) is 5.62. The molecule has 154 valence electrons. The average molecular weight is 408 g/mol. The van der Waals surface area contributed by atoms with Crippen LogP contribution < -0.4 is 16.0 Å². The third-order valence-corrected chi connectivity index (χ3v) is 6.01. The Morgan fingerprint density at radius 1 is 1.32 bits per heavy atom. The van der Waals surface area contributed by atoms with Gasteiger partial charge in [0, 0.05) is 30.1 Å². The summed E-state index contributed by atoms with van der Waals surface area (Å²) in [4.78, 5) is 33.1. The SMILES string of the molecule is CC(C)CC(=O)Nc1ccnc(N[C@@H](C)C2CC3CC(Cl)CCC3NC2=O)n1. The number of aromatic nitrogens is 2. The molecule has 1 saturated heterocycles. The molecule has 2 fully saturated rings. The molecular weight excluding hydrogens is 378 g/mol. The maximum absolute atomic E-state index is 12.6. The van der Waals surface area contributed by atoms with E-state index in [2.05, 4.69) is 25.9 Å². The molecular formula is C20H30ClN5O2. The second-order valence-electron chi connectivity index (χ2n) is 8.47. The van der Waals surface area contributed by atoms with Gasteiger partial charge >= 0.3 is 0 Å². The van der Waals surface area contributed by atoms with Crippen molar-refractivity contribution in [2.75, 3.05) is 10.6 Å². The summed E-state index contributed by atoms with van der Waals surface area (Å²) in [6.45, 7) is 5.96. The highest BCUT2D eigenvalue weighted by atomic mass is 35.5. The average Bonchev–Trinajstić information content (AvgIpc) is 2.61. The first-order valence-electron chi connectivity index (χ1n) is 10.2. The van der Waals surface area contributed by atoms with Crippen molar-refractivity contribution in [3.8, 4) is 0 Å². The number of nitrogens with zero attached hydrogens (tertiary/aromatic N) is 2. The summed E-state index contributed by atoms with van der Waals surface area (Å²) < 4.78 is 0. The largest absolute Gasteiger partial charge is 0.353 e. The monoisotopic (exact) mass is 407 g/mol. The van der Waals surface area contributed by atoms with Gasteiger partial charge in [-0.15, -0.1) is 11.6 Å². The molecule has 7 nitrogen and oxygen atoms in total. The van der Waals surface area contributed by atoms with E-state index in [-0.39, 0.29) is 41.1 Å². The lowest BCUT2D eigenvalue weighted by Gasteiger charge is -2.42. The second kappa shape index (κ2) is 9.07. The minimum Gasteiger partial charge on any atom is -0.353 e. The van der Waals surface area contributed by atoms with Gasteiger partial charge in [-0.3, -0.25) is 9.59 Å². The molecule has 0 spiro atoms. The summed E-state index contributed by atoms with van der Waals surface area (Å²) in [7, 11) is 0. The van der Waals surface area contributed by atoms with Gasteiger partial charge in [0.05, 0.1) is 5.92 Å². The van der Waals surface area contributed by atoms with Crippen LogP contribution in [-0.2, 0) is 9.59 Å². The van der Waals surface area contributed by atoms with E-state index in [4.69, 9.17) is 11.6 Å². The summed E-state index contributed by atoms with van der Waals surface area (Å²) in [5.41, 5.74) is 0. The Bertz CT molecular complexity index is 714. The molecule has 1 aliphatic heterocycles. The summed E-state index contributed by atoms with van der Waals surface area (Å²) >= 11 is 6.34. The lowest BCUT2D eigenvalue weighted by Crippen LogP contribution is -2.55. The molecule has 1 aromatic rings. The van der Waals surface area contributed by atoms with Crippen molar-refractivity contribution < 1.29 is 9.59 Å². The molecule has 3 rings (SSSR count). The molecule has 2 heterocycles. The molecule has 4 unspecified atom stereocenters. The molecule has 0 bridgehead atoms. The normalized spacial score (nSPS) is 28.2. The van der Waals surface area contributed by atoms with E-state index in [1.54, 1.807) is 12.3 Å². The Kier molecular flexibility index (Phi) is 6.75. The van der Waals surface area contributed by atoms with Crippen LogP contribution in [0.1, 0.15) is 52.9 Å². The molecule has 2 amide bonds. The van der Waals surface area contributed by atoms with Gasteiger partial charge in [-0.25, -0.2) is 4.98 Å². The highest BCUT2D eigenvalue weighted by Crippen LogP contribution is 2.36. The van der Waals surface area contributed by atoms with Gasteiger partial charge in [-0.1, -0.05) is 13.8 Å². The lowest BCUT2D eigenvalue weighted by molar-refractivity contribution is -0.130. The van der Waals surface area contributed by atoms with Crippen LogP contribution in [0.5, 0.6) is 0 Å². The van der Waals surface area contributed by atoms with E-state index in [9.17, 15) is 9.59 Å². The van der Waals surface area contributed by atoms with E-state index in [1.165, 1.54) is 0 Å². The van der Waals surface area contributed by atoms with Gasteiger partial charge in [0.1, 0.15) is 5.82 Å². The van der Waals surface area contributed by atoms with Crippen LogP contribution >= 0.6 is 11.6 Å². The molecule has 1 saturated carbocycles. The first-order chi connectivity index (χ1) is 13.3. The Morgan fingerprint density at radius 3 is 2.86 bits per heavy atom. The quantitative estimate of drug-likeness (QED) is 0.629. The van der Waals surface area contributed by atoms with Crippen molar-refractivity contribution in [2.24, 2.45) is 17.8 Å². The van der Waals surface area contributed by atoms with E-state index in [1.807, 2.05) is 20.8 Å². The van der Waals surface area contributed by atoms with Crippen LogP contribution in [0.15, 0.2) is 12.3 Å². The van der Waals surface area contributed by atoms with Crippen molar-refractivity contribution >= 4 is 35.2 Å². The number of halogens is 1. The highest BCUT2D eigenvalue weighted by Gasteiger charge is 2.41. The highest BCUT2D eigenvalue weighted by molar-refractivity contribution is 6.20.